The summed E-state index contributed by atoms with van der Waals surface area (Å²) in [7, 11) is 0. The van der Waals surface area contributed by atoms with Crippen LogP contribution in [0, 0.1) is 11.7 Å². The molecule has 0 spiro atoms. The van der Waals surface area contributed by atoms with E-state index in [0.29, 0.717) is 11.3 Å². The lowest BCUT2D eigenvalue weighted by Gasteiger charge is -2.44. The highest BCUT2D eigenvalue weighted by Crippen LogP contribution is 2.51. The number of allylic oxidation sites excluding steroid dienone is 2. The van der Waals surface area contributed by atoms with Gasteiger partial charge in [-0.2, -0.15) is 0 Å². The number of aromatic nitrogens is 1. The molecular formula is C32H30FN3O5. The molecule has 210 valence electrons. The maximum absolute atomic E-state index is 15.4. The van der Waals surface area contributed by atoms with E-state index in [-0.39, 0.29) is 42.3 Å². The summed E-state index contributed by atoms with van der Waals surface area (Å²) < 4.78 is 26.2. The Morgan fingerprint density at radius 3 is 2.32 bits per heavy atom. The average molecular weight is 556 g/mol. The number of rotatable bonds is 7. The highest BCUT2D eigenvalue weighted by atomic mass is 19.1. The first-order valence-corrected chi connectivity index (χ1v) is 13.5. The predicted octanol–water partition coefficient (Wildman–Crippen LogP) is 4.75. The van der Waals surface area contributed by atoms with Gasteiger partial charge in [-0.1, -0.05) is 48.5 Å². The molecule has 2 aliphatic rings. The van der Waals surface area contributed by atoms with E-state index in [0.717, 1.165) is 5.56 Å². The van der Waals surface area contributed by atoms with Crippen LogP contribution in [0.25, 0.3) is 0 Å². The lowest BCUT2D eigenvalue weighted by molar-refractivity contribution is -0.152. The van der Waals surface area contributed by atoms with E-state index in [1.165, 1.54) is 29.3 Å². The van der Waals surface area contributed by atoms with Gasteiger partial charge < -0.3 is 15.2 Å². The molecule has 1 aliphatic heterocycles. The van der Waals surface area contributed by atoms with Crippen LogP contribution in [-0.4, -0.2) is 35.9 Å². The molecule has 2 N–H and O–H groups in total. The fourth-order valence-electron chi connectivity index (χ4n) is 5.74. The van der Waals surface area contributed by atoms with E-state index in [2.05, 4.69) is 4.98 Å². The van der Waals surface area contributed by atoms with E-state index in [4.69, 9.17) is 15.2 Å². The minimum absolute atomic E-state index is 0.0315. The Bertz CT molecular complexity index is 1540. The van der Waals surface area contributed by atoms with E-state index in [9.17, 15) is 14.4 Å². The lowest BCUT2D eigenvalue weighted by atomic mass is 9.67. The molecule has 9 heteroatoms. The van der Waals surface area contributed by atoms with Crippen molar-refractivity contribution >= 4 is 23.4 Å². The van der Waals surface area contributed by atoms with Crippen LogP contribution in [0.3, 0.4) is 0 Å². The first-order valence-electron chi connectivity index (χ1n) is 13.5. The van der Waals surface area contributed by atoms with Crippen LogP contribution in [0.5, 0.6) is 0 Å². The smallest absolute Gasteiger partial charge is 0.338 e. The summed E-state index contributed by atoms with van der Waals surface area (Å²) >= 11 is 0. The van der Waals surface area contributed by atoms with Crippen molar-refractivity contribution in [3.8, 4) is 0 Å². The number of pyridine rings is 1. The van der Waals surface area contributed by atoms with Gasteiger partial charge in [0.25, 0.3) is 0 Å². The lowest BCUT2D eigenvalue weighted by Crippen LogP contribution is -2.46. The summed E-state index contributed by atoms with van der Waals surface area (Å²) in [5, 5.41) is 0. The Morgan fingerprint density at radius 2 is 1.66 bits per heavy atom. The van der Waals surface area contributed by atoms with Crippen LogP contribution in [-0.2, 0) is 23.9 Å². The molecule has 1 aromatic heterocycles. The number of ether oxygens (including phenoxy) is 2. The second-order valence-corrected chi connectivity index (χ2v) is 9.70. The van der Waals surface area contributed by atoms with Crippen molar-refractivity contribution in [3.63, 3.8) is 0 Å². The zero-order chi connectivity index (χ0) is 29.1. The van der Waals surface area contributed by atoms with Gasteiger partial charge in [0.2, 0.25) is 0 Å². The van der Waals surface area contributed by atoms with Crippen molar-refractivity contribution in [1.29, 1.82) is 0 Å². The van der Waals surface area contributed by atoms with Crippen LogP contribution in [0.1, 0.15) is 43.2 Å². The molecule has 0 saturated carbocycles. The van der Waals surface area contributed by atoms with Gasteiger partial charge in [0.1, 0.15) is 17.6 Å². The van der Waals surface area contributed by atoms with E-state index < -0.39 is 41.3 Å². The Kier molecular flexibility index (Phi) is 7.96. The summed E-state index contributed by atoms with van der Waals surface area (Å²) in [6, 6.07) is 18.6. The van der Waals surface area contributed by atoms with Crippen molar-refractivity contribution in [2.45, 2.75) is 32.1 Å². The van der Waals surface area contributed by atoms with Gasteiger partial charge >= 0.3 is 11.9 Å². The zero-order valence-electron chi connectivity index (χ0n) is 22.7. The number of nitrogens with two attached hydrogens (primary N) is 1. The number of benzene rings is 2. The minimum atomic E-state index is -1.19. The number of esters is 2. The van der Waals surface area contributed by atoms with E-state index in [1.54, 1.807) is 38.2 Å². The first-order chi connectivity index (χ1) is 19.9. The number of anilines is 1. The normalized spacial score (nSPS) is 20.5. The van der Waals surface area contributed by atoms with Crippen LogP contribution < -0.4 is 10.6 Å². The highest BCUT2D eigenvalue weighted by Gasteiger charge is 2.51. The summed E-state index contributed by atoms with van der Waals surface area (Å²) in [5.74, 6) is -5.41. The zero-order valence-corrected chi connectivity index (χ0v) is 22.7. The maximum atomic E-state index is 15.4. The Labute approximate surface area is 237 Å². The number of nitrogens with zero attached hydrogens (tertiary/aromatic N) is 2. The highest BCUT2D eigenvalue weighted by molar-refractivity contribution is 6.14. The number of hydrogen-bond acceptors (Lipinski definition) is 8. The molecule has 0 saturated heterocycles. The van der Waals surface area contributed by atoms with Crippen molar-refractivity contribution in [1.82, 2.24) is 4.98 Å². The van der Waals surface area contributed by atoms with Gasteiger partial charge in [0.15, 0.2) is 5.78 Å². The third-order valence-electron chi connectivity index (χ3n) is 7.41. The Hall–Kier alpha value is -4.79. The fraction of sp³-hybridized carbons (Fsp3) is 0.250. The predicted molar refractivity (Wildman–Crippen MR) is 150 cm³/mol. The van der Waals surface area contributed by atoms with Crippen molar-refractivity contribution in [3.05, 3.63) is 119 Å². The van der Waals surface area contributed by atoms with E-state index in [1.807, 2.05) is 30.3 Å². The molecule has 3 aromatic rings. The molecular weight excluding hydrogens is 525 g/mol. The molecule has 0 radical (unpaired) electrons. The molecule has 1 aliphatic carbocycles. The number of ketones is 1. The van der Waals surface area contributed by atoms with Gasteiger partial charge in [0, 0.05) is 29.6 Å². The third kappa shape index (κ3) is 4.99. The summed E-state index contributed by atoms with van der Waals surface area (Å²) in [6.45, 7) is 3.47. The number of hydrogen-bond donors (Lipinski definition) is 1. The number of carbonyl (C=O) groups excluding carboxylic acids is 3. The first kappa shape index (κ1) is 27.8. The van der Waals surface area contributed by atoms with Crippen LogP contribution in [0.4, 0.5) is 10.1 Å². The topological polar surface area (TPSA) is 112 Å². The number of carbonyl (C=O) groups is 3. The van der Waals surface area contributed by atoms with E-state index >= 15 is 4.39 Å². The maximum Gasteiger partial charge on any atom is 0.338 e. The van der Waals surface area contributed by atoms with Gasteiger partial charge in [-0.3, -0.25) is 19.5 Å². The average Bonchev–Trinajstić information content (AvgIpc) is 2.98. The van der Waals surface area contributed by atoms with Crippen molar-refractivity contribution < 1.29 is 28.2 Å². The van der Waals surface area contributed by atoms with Gasteiger partial charge in [-0.05, 0) is 49.6 Å². The Balaban J connectivity index is 1.82. The van der Waals surface area contributed by atoms with Gasteiger partial charge in [-0.25, -0.2) is 9.18 Å². The SMILES string of the molecule is CCOC(=O)C1=C(N)N(c2ccccc2F)C2=C(C(=O)[C@@H](C(=O)OCC)[C@H](c3ccccc3)C2)[C@@H]1c1cccnc1. The third-order valence-corrected chi connectivity index (χ3v) is 7.41. The second kappa shape index (κ2) is 11.8. The molecule has 2 aromatic carbocycles. The molecule has 2 heterocycles. The van der Waals surface area contributed by atoms with Gasteiger partial charge in [-0.15, -0.1) is 0 Å². The monoisotopic (exact) mass is 555 g/mol. The van der Waals surface area contributed by atoms with Crippen molar-refractivity contribution in [2.24, 2.45) is 11.7 Å². The fourth-order valence-corrected chi connectivity index (χ4v) is 5.74. The summed E-state index contributed by atoms with van der Waals surface area (Å²) in [6.07, 6.45) is 3.26. The number of halogens is 1. The van der Waals surface area contributed by atoms with Crippen LogP contribution >= 0.6 is 0 Å². The minimum Gasteiger partial charge on any atom is -0.465 e. The van der Waals surface area contributed by atoms with Gasteiger partial charge in [0.05, 0.1) is 30.4 Å². The molecule has 41 heavy (non-hydrogen) atoms. The summed E-state index contributed by atoms with van der Waals surface area (Å²) in [4.78, 5) is 47.2. The molecule has 0 amide bonds. The molecule has 3 atom stereocenters. The Morgan fingerprint density at radius 1 is 0.976 bits per heavy atom. The molecule has 0 fully saturated rings. The van der Waals surface area contributed by atoms with Crippen LogP contribution in [0.15, 0.2) is 102 Å². The number of Topliss-reactive ketones (excluding diaryl/α,β-unsaturated/α-hetero) is 1. The quantitative estimate of drug-likeness (QED) is 0.329. The standard InChI is InChI=1S/C32H30FN3O5/c1-3-40-31(38)26-21(19-11-6-5-7-12-19)17-24-27(29(26)37)25(20-13-10-16-35-18-20)28(32(39)41-4-2)30(34)36(24)23-15-9-8-14-22(23)33/h5-16,18,21,25-26H,3-4,17,34H2,1-2H3/t21-,25-,26-/m0/s1. The van der Waals surface area contributed by atoms with Crippen LogP contribution in [0.2, 0.25) is 0 Å². The molecule has 5 rings (SSSR count). The summed E-state index contributed by atoms with van der Waals surface area (Å²) in [5.41, 5.74) is 8.59. The van der Waals surface area contributed by atoms with Crippen molar-refractivity contribution in [2.75, 3.05) is 18.1 Å². The second-order valence-electron chi connectivity index (χ2n) is 9.70. The molecule has 0 bridgehead atoms. The molecule has 0 unspecified atom stereocenters. The number of para-hydroxylation sites is 1. The largest absolute Gasteiger partial charge is 0.465 e. The molecule has 8 nitrogen and oxygen atoms in total.